The SMILES string of the molecule is CO/N=C(\C(=O)N[C@@H]1C(=O)N2C(C(=O)[O-])=C(C[n+]3ccc(NC(=O)CNC(C)(C)C)cc3)CSC12)c1csc(N)n1. The van der Waals surface area contributed by atoms with Gasteiger partial charge in [-0.2, -0.15) is 0 Å². The van der Waals surface area contributed by atoms with Crippen LogP contribution in [0.2, 0.25) is 0 Å². The Morgan fingerprint density at radius 3 is 2.59 bits per heavy atom. The van der Waals surface area contributed by atoms with Crippen molar-refractivity contribution in [3.63, 3.8) is 0 Å². The molecular formula is C25H30N8O6S2. The Labute approximate surface area is 244 Å². The van der Waals surface area contributed by atoms with Gasteiger partial charge in [0.1, 0.15) is 24.2 Å². The summed E-state index contributed by atoms with van der Waals surface area (Å²) in [6, 6.07) is 2.41. The number of nitrogens with one attached hydrogen (secondary N) is 3. The van der Waals surface area contributed by atoms with E-state index < -0.39 is 29.2 Å². The molecule has 41 heavy (non-hydrogen) atoms. The lowest BCUT2D eigenvalue weighted by Crippen LogP contribution is -2.71. The van der Waals surface area contributed by atoms with Crippen molar-refractivity contribution >= 4 is 63.3 Å². The second kappa shape index (κ2) is 12.2. The fourth-order valence-corrected chi connectivity index (χ4v) is 6.00. The Morgan fingerprint density at radius 1 is 1.29 bits per heavy atom. The van der Waals surface area contributed by atoms with E-state index in [4.69, 9.17) is 10.6 Å². The number of hydrogen-bond donors (Lipinski definition) is 4. The molecule has 0 spiro atoms. The van der Waals surface area contributed by atoms with Gasteiger partial charge in [-0.1, -0.05) is 5.16 Å². The van der Waals surface area contributed by atoms with Crippen molar-refractivity contribution in [3.8, 4) is 0 Å². The van der Waals surface area contributed by atoms with E-state index in [2.05, 4.69) is 26.1 Å². The van der Waals surface area contributed by atoms with Gasteiger partial charge in [0.15, 0.2) is 29.8 Å². The summed E-state index contributed by atoms with van der Waals surface area (Å²) in [6.45, 7) is 6.23. The number of β-lactam (4-membered cyclic amide) rings is 1. The van der Waals surface area contributed by atoms with Gasteiger partial charge in [0.2, 0.25) is 5.91 Å². The van der Waals surface area contributed by atoms with Gasteiger partial charge in [-0.25, -0.2) is 9.55 Å². The van der Waals surface area contributed by atoms with Crippen LogP contribution in [0.25, 0.3) is 0 Å². The summed E-state index contributed by atoms with van der Waals surface area (Å²) in [4.78, 5) is 60.2. The second-order valence-electron chi connectivity index (χ2n) is 10.2. The molecule has 14 nitrogen and oxygen atoms in total. The number of aliphatic carboxylic acids is 1. The average molecular weight is 603 g/mol. The Bertz CT molecular complexity index is 1420. The highest BCUT2D eigenvalue weighted by Crippen LogP contribution is 2.40. The quantitative estimate of drug-likeness (QED) is 0.111. The molecule has 218 valence electrons. The summed E-state index contributed by atoms with van der Waals surface area (Å²) in [5, 5.41) is 25.5. The van der Waals surface area contributed by atoms with Crippen molar-refractivity contribution in [1.82, 2.24) is 20.5 Å². The predicted octanol–water partition coefficient (Wildman–Crippen LogP) is -1.21. The van der Waals surface area contributed by atoms with Crippen LogP contribution < -0.4 is 31.4 Å². The number of carbonyl (C=O) groups is 4. The van der Waals surface area contributed by atoms with Gasteiger partial charge in [0, 0.05) is 34.4 Å². The fraction of sp³-hybridized carbons (Fsp3) is 0.400. The zero-order valence-corrected chi connectivity index (χ0v) is 24.4. The maximum atomic E-state index is 13.0. The number of oxime groups is 1. The third-order valence-electron chi connectivity index (χ3n) is 6.02. The van der Waals surface area contributed by atoms with E-state index in [0.29, 0.717) is 11.3 Å². The van der Waals surface area contributed by atoms with Gasteiger partial charge in [-0.3, -0.25) is 19.3 Å². The first-order valence-corrected chi connectivity index (χ1v) is 14.4. The van der Waals surface area contributed by atoms with Gasteiger partial charge in [-0.15, -0.1) is 23.1 Å². The molecule has 2 aliphatic rings. The highest BCUT2D eigenvalue weighted by molar-refractivity contribution is 8.00. The third kappa shape index (κ3) is 7.01. The molecule has 2 aromatic rings. The van der Waals surface area contributed by atoms with E-state index in [0.717, 1.165) is 16.2 Å². The lowest BCUT2D eigenvalue weighted by molar-refractivity contribution is -0.689. The molecule has 4 heterocycles. The summed E-state index contributed by atoms with van der Waals surface area (Å²) in [7, 11) is 1.27. The van der Waals surface area contributed by atoms with Crippen LogP contribution in [0.15, 0.2) is 46.3 Å². The number of rotatable bonds is 10. The lowest BCUT2D eigenvalue weighted by atomic mass is 10.0. The van der Waals surface area contributed by atoms with Crippen molar-refractivity contribution < 1.29 is 33.7 Å². The molecule has 0 bridgehead atoms. The zero-order chi connectivity index (χ0) is 29.9. The first-order chi connectivity index (χ1) is 19.4. The van der Waals surface area contributed by atoms with Crippen molar-refractivity contribution in [2.45, 2.75) is 44.3 Å². The van der Waals surface area contributed by atoms with Gasteiger partial charge in [0.05, 0.1) is 23.9 Å². The molecule has 1 unspecified atom stereocenters. The average Bonchev–Trinajstić information content (AvgIpc) is 3.35. The summed E-state index contributed by atoms with van der Waals surface area (Å²) < 4.78 is 1.73. The first kappa shape index (κ1) is 30.0. The number of hydrogen-bond acceptors (Lipinski definition) is 12. The molecule has 16 heteroatoms. The number of nitrogen functional groups attached to an aromatic ring is 1. The molecule has 1 fully saturated rings. The summed E-state index contributed by atoms with van der Waals surface area (Å²) in [5.41, 5.74) is 6.32. The maximum Gasteiger partial charge on any atom is 0.276 e. The number of amides is 3. The molecular weight excluding hydrogens is 572 g/mol. The van der Waals surface area contributed by atoms with E-state index in [1.165, 1.54) is 24.3 Å². The van der Waals surface area contributed by atoms with Gasteiger partial charge < -0.3 is 36.4 Å². The van der Waals surface area contributed by atoms with Crippen molar-refractivity contribution in [2.75, 3.05) is 30.5 Å². The fourth-order valence-electron chi connectivity index (χ4n) is 4.11. The molecule has 0 radical (unpaired) electrons. The Kier molecular flexibility index (Phi) is 8.94. The Morgan fingerprint density at radius 2 is 2.00 bits per heavy atom. The minimum atomic E-state index is -1.49. The standard InChI is InChI=1S/C25H30N8O6S2/c1-25(2,3)27-9-16(34)28-14-5-7-32(8-6-14)10-13-11-40-22-18(21(36)33(22)19(13)23(37)38)30-20(35)17(31-39-4)15-12-41-24(26)29-15/h5-8,12,18,22,27H,9-11H2,1-4H3,(H4,26,29,30,35,37,38)/b31-17-/t18-,22?/m1/s1. The van der Waals surface area contributed by atoms with Crippen LogP contribution in [-0.4, -0.2) is 75.6 Å². The van der Waals surface area contributed by atoms with Crippen molar-refractivity contribution in [1.29, 1.82) is 0 Å². The molecule has 0 aromatic carbocycles. The Hall–Kier alpha value is -4.02. The van der Waals surface area contributed by atoms with Crippen LogP contribution in [-0.2, 0) is 30.6 Å². The van der Waals surface area contributed by atoms with Crippen LogP contribution in [0.3, 0.4) is 0 Å². The minimum absolute atomic E-state index is 0.157. The van der Waals surface area contributed by atoms with E-state index in [1.54, 1.807) is 29.1 Å². The predicted molar refractivity (Wildman–Crippen MR) is 150 cm³/mol. The van der Waals surface area contributed by atoms with Crippen LogP contribution in [0.4, 0.5) is 10.8 Å². The normalized spacial score (nSPS) is 18.9. The highest BCUT2D eigenvalue weighted by Gasteiger charge is 2.53. The number of carbonyl (C=O) groups excluding carboxylic acids is 4. The monoisotopic (exact) mass is 602 g/mol. The summed E-state index contributed by atoms with van der Waals surface area (Å²) >= 11 is 2.43. The molecule has 5 N–H and O–H groups in total. The third-order valence-corrected chi connectivity index (χ3v) is 8.03. The lowest BCUT2D eigenvalue weighted by Gasteiger charge is -2.50. The number of pyridine rings is 1. The Balaban J connectivity index is 1.43. The minimum Gasteiger partial charge on any atom is -0.543 e. The second-order valence-corrected chi connectivity index (χ2v) is 12.2. The topological polar surface area (TPSA) is 195 Å². The smallest absolute Gasteiger partial charge is 0.276 e. The number of thiazole rings is 1. The number of anilines is 2. The molecule has 2 aliphatic heterocycles. The summed E-state index contributed by atoms with van der Waals surface area (Å²) in [5.74, 6) is -2.69. The number of thioether (sulfide) groups is 1. The van der Waals surface area contributed by atoms with Gasteiger partial charge in [-0.05, 0) is 20.8 Å². The molecule has 0 aliphatic carbocycles. The molecule has 2 aromatic heterocycles. The van der Waals surface area contributed by atoms with Crippen molar-refractivity contribution in [3.05, 3.63) is 46.9 Å². The largest absolute Gasteiger partial charge is 0.543 e. The first-order valence-electron chi connectivity index (χ1n) is 12.4. The van der Waals surface area contributed by atoms with Gasteiger partial charge in [0.25, 0.3) is 11.8 Å². The van der Waals surface area contributed by atoms with E-state index in [9.17, 15) is 24.3 Å². The number of nitrogens with two attached hydrogens (primary N) is 1. The van der Waals surface area contributed by atoms with Crippen LogP contribution in [0.1, 0.15) is 26.5 Å². The molecule has 2 atom stereocenters. The molecule has 4 rings (SSSR count). The maximum absolute atomic E-state index is 13.0. The highest BCUT2D eigenvalue weighted by atomic mass is 32.2. The van der Waals surface area contributed by atoms with E-state index >= 15 is 0 Å². The van der Waals surface area contributed by atoms with Crippen LogP contribution in [0.5, 0.6) is 0 Å². The number of aromatic nitrogens is 2. The van der Waals surface area contributed by atoms with Crippen LogP contribution >= 0.6 is 23.1 Å². The zero-order valence-electron chi connectivity index (χ0n) is 22.8. The van der Waals surface area contributed by atoms with Crippen LogP contribution in [0, 0.1) is 0 Å². The number of fused-ring (bicyclic) bond motifs is 1. The van der Waals surface area contributed by atoms with Gasteiger partial charge >= 0.3 is 0 Å². The number of carboxylic acid groups (broad SMARTS) is 1. The number of carboxylic acids is 1. The molecule has 3 amide bonds. The molecule has 1 saturated heterocycles. The summed E-state index contributed by atoms with van der Waals surface area (Å²) in [6.07, 6.45) is 3.40. The molecule has 0 saturated carbocycles. The van der Waals surface area contributed by atoms with Crippen molar-refractivity contribution in [2.24, 2.45) is 5.16 Å². The van der Waals surface area contributed by atoms with E-state index in [-0.39, 0.29) is 52.5 Å². The number of nitrogens with zero attached hydrogens (tertiary/aromatic N) is 4. The van der Waals surface area contributed by atoms with E-state index in [1.807, 2.05) is 20.8 Å².